The Kier molecular flexibility index (Phi) is 7.46. The summed E-state index contributed by atoms with van der Waals surface area (Å²) < 4.78 is 12.6. The predicted molar refractivity (Wildman–Crippen MR) is 105 cm³/mol. The number of benzene rings is 2. The molecule has 0 atom stereocenters. The summed E-state index contributed by atoms with van der Waals surface area (Å²) >= 11 is 6.83. The summed E-state index contributed by atoms with van der Waals surface area (Å²) in [5.41, 5.74) is 4.22. The largest absolute Gasteiger partial charge is 0.494 e. The minimum atomic E-state index is -0.337. The maximum absolute atomic E-state index is 11.8. The number of hydrogen-bond acceptors (Lipinski definition) is 4. The number of hydrazone groups is 1. The zero-order chi connectivity index (χ0) is 18.2. The fourth-order valence-corrected chi connectivity index (χ4v) is 3.59. The maximum atomic E-state index is 11.8. The normalized spacial score (nSPS) is 10.7. The molecule has 5 nitrogen and oxygen atoms in total. The predicted octanol–water partition coefficient (Wildman–Crippen LogP) is 4.45. The Morgan fingerprint density at radius 1 is 1.20 bits per heavy atom. The van der Waals surface area contributed by atoms with Gasteiger partial charge in [0.25, 0.3) is 5.91 Å². The summed E-state index contributed by atoms with van der Waals surface area (Å²) in [5, 5.41) is 3.92. The van der Waals surface area contributed by atoms with Crippen molar-refractivity contribution in [2.24, 2.45) is 5.10 Å². The number of nitrogens with zero attached hydrogens (tertiary/aromatic N) is 1. The second-order valence-corrected chi connectivity index (χ2v) is 6.89. The lowest BCUT2D eigenvalue weighted by Crippen LogP contribution is -2.24. The van der Waals surface area contributed by atoms with Crippen LogP contribution >= 0.6 is 31.9 Å². The minimum Gasteiger partial charge on any atom is -0.494 e. The summed E-state index contributed by atoms with van der Waals surface area (Å²) in [4.78, 5) is 11.8. The van der Waals surface area contributed by atoms with Crippen molar-refractivity contribution in [3.05, 3.63) is 56.5 Å². The molecule has 25 heavy (non-hydrogen) atoms. The molecule has 1 N–H and O–H groups in total. The van der Waals surface area contributed by atoms with Crippen LogP contribution in [0.1, 0.15) is 18.1 Å². The van der Waals surface area contributed by atoms with Crippen LogP contribution in [0.15, 0.2) is 50.4 Å². The zero-order valence-electron chi connectivity index (χ0n) is 13.9. The van der Waals surface area contributed by atoms with Crippen LogP contribution in [0.2, 0.25) is 0 Å². The second-order valence-electron chi connectivity index (χ2n) is 5.12. The molecule has 0 bridgehead atoms. The van der Waals surface area contributed by atoms with Gasteiger partial charge in [0, 0.05) is 4.47 Å². The molecule has 1 amide bonds. The van der Waals surface area contributed by atoms with E-state index in [1.807, 2.05) is 50.2 Å². The third-order valence-corrected chi connectivity index (χ3v) is 4.18. The van der Waals surface area contributed by atoms with Crippen LogP contribution in [-0.2, 0) is 4.79 Å². The molecule has 0 aliphatic rings. The number of aryl methyl sites for hydroxylation is 1. The van der Waals surface area contributed by atoms with Crippen molar-refractivity contribution in [3.63, 3.8) is 0 Å². The van der Waals surface area contributed by atoms with Crippen molar-refractivity contribution >= 4 is 44.0 Å². The molecule has 0 unspecified atom stereocenters. The number of halogens is 2. The Hall–Kier alpha value is -1.86. The molecule has 0 fully saturated rings. The van der Waals surface area contributed by atoms with Crippen LogP contribution in [0.5, 0.6) is 11.5 Å². The lowest BCUT2D eigenvalue weighted by Gasteiger charge is -2.10. The van der Waals surface area contributed by atoms with E-state index < -0.39 is 0 Å². The van der Waals surface area contributed by atoms with Crippen molar-refractivity contribution in [1.82, 2.24) is 5.43 Å². The van der Waals surface area contributed by atoms with E-state index in [2.05, 4.69) is 42.4 Å². The summed E-state index contributed by atoms with van der Waals surface area (Å²) in [5.74, 6) is 1.10. The fourth-order valence-electron chi connectivity index (χ4n) is 2.04. The first-order valence-electron chi connectivity index (χ1n) is 7.62. The van der Waals surface area contributed by atoms with Crippen molar-refractivity contribution < 1.29 is 14.3 Å². The van der Waals surface area contributed by atoms with Crippen molar-refractivity contribution in [3.8, 4) is 11.5 Å². The standard InChI is InChI=1S/C18H18Br2N2O3/c1-3-24-15-6-4-13(5-7-15)10-21-22-17(23)11-25-18-12(2)8-14(19)9-16(18)20/h4-10H,3,11H2,1-2H3,(H,22,23)/b21-10+. The Balaban J connectivity index is 1.84. The van der Waals surface area contributed by atoms with Gasteiger partial charge in [0.2, 0.25) is 0 Å². The number of nitrogens with one attached hydrogen (secondary N) is 1. The Bertz CT molecular complexity index is 738. The van der Waals surface area contributed by atoms with E-state index in [1.165, 1.54) is 0 Å². The number of amides is 1. The van der Waals surface area contributed by atoms with E-state index in [4.69, 9.17) is 9.47 Å². The molecular formula is C18H18Br2N2O3. The minimum absolute atomic E-state index is 0.123. The van der Waals surface area contributed by atoms with E-state index in [0.29, 0.717) is 12.4 Å². The molecule has 2 aromatic rings. The molecule has 0 saturated carbocycles. The van der Waals surface area contributed by atoms with Crippen LogP contribution in [0.3, 0.4) is 0 Å². The van der Waals surface area contributed by atoms with Gasteiger partial charge in [-0.15, -0.1) is 0 Å². The fraction of sp³-hybridized carbons (Fsp3) is 0.222. The molecule has 0 aliphatic carbocycles. The van der Waals surface area contributed by atoms with Gasteiger partial charge in [-0.05, 0) is 77.3 Å². The van der Waals surface area contributed by atoms with Crippen molar-refractivity contribution in [2.75, 3.05) is 13.2 Å². The topological polar surface area (TPSA) is 59.9 Å². The first kappa shape index (κ1) is 19.5. The van der Waals surface area contributed by atoms with Crippen LogP contribution in [0.25, 0.3) is 0 Å². The third kappa shape index (κ3) is 6.17. The molecule has 2 aromatic carbocycles. The maximum Gasteiger partial charge on any atom is 0.277 e. The molecule has 0 spiro atoms. The van der Waals surface area contributed by atoms with Crippen molar-refractivity contribution in [2.45, 2.75) is 13.8 Å². The number of hydrogen-bond donors (Lipinski definition) is 1. The SMILES string of the molecule is CCOc1ccc(/C=N/NC(=O)COc2c(C)cc(Br)cc2Br)cc1. The number of carbonyl (C=O) groups excluding carboxylic acids is 1. The second kappa shape index (κ2) is 9.58. The summed E-state index contributed by atoms with van der Waals surface area (Å²) in [6.07, 6.45) is 1.56. The molecular weight excluding hydrogens is 452 g/mol. The summed E-state index contributed by atoms with van der Waals surface area (Å²) in [6.45, 7) is 4.34. The van der Waals surface area contributed by atoms with Crippen molar-refractivity contribution in [1.29, 1.82) is 0 Å². The highest BCUT2D eigenvalue weighted by atomic mass is 79.9. The van der Waals surface area contributed by atoms with E-state index in [0.717, 1.165) is 25.8 Å². The highest BCUT2D eigenvalue weighted by Gasteiger charge is 2.09. The first-order valence-corrected chi connectivity index (χ1v) is 9.21. The first-order chi connectivity index (χ1) is 12.0. The van der Waals surface area contributed by atoms with Crippen LogP contribution in [0, 0.1) is 6.92 Å². The van der Waals surface area contributed by atoms with Gasteiger partial charge in [-0.25, -0.2) is 5.43 Å². The van der Waals surface area contributed by atoms with Gasteiger partial charge >= 0.3 is 0 Å². The molecule has 0 heterocycles. The molecule has 2 rings (SSSR count). The van der Waals surface area contributed by atoms with E-state index >= 15 is 0 Å². The smallest absolute Gasteiger partial charge is 0.277 e. The highest BCUT2D eigenvalue weighted by molar-refractivity contribution is 9.11. The van der Waals surface area contributed by atoms with Crippen LogP contribution in [-0.4, -0.2) is 25.3 Å². The Labute approximate surface area is 163 Å². The average Bonchev–Trinajstić information content (AvgIpc) is 2.56. The van der Waals surface area contributed by atoms with Crippen LogP contribution < -0.4 is 14.9 Å². The molecule has 0 aromatic heterocycles. The monoisotopic (exact) mass is 468 g/mol. The quantitative estimate of drug-likeness (QED) is 0.481. The van der Waals surface area contributed by atoms with E-state index in [9.17, 15) is 4.79 Å². The average molecular weight is 470 g/mol. The molecule has 132 valence electrons. The number of carbonyl (C=O) groups is 1. The lowest BCUT2D eigenvalue weighted by atomic mass is 10.2. The van der Waals surface area contributed by atoms with E-state index in [1.54, 1.807) is 6.21 Å². The number of ether oxygens (including phenoxy) is 2. The molecule has 7 heteroatoms. The van der Waals surface area contributed by atoms with Gasteiger partial charge < -0.3 is 9.47 Å². The molecule has 0 saturated heterocycles. The molecule has 0 radical (unpaired) electrons. The van der Waals surface area contributed by atoms with Gasteiger partial charge in [-0.3, -0.25) is 4.79 Å². The van der Waals surface area contributed by atoms with Gasteiger partial charge in [-0.2, -0.15) is 5.10 Å². The third-order valence-electron chi connectivity index (χ3n) is 3.14. The van der Waals surface area contributed by atoms with E-state index in [-0.39, 0.29) is 12.5 Å². The van der Waals surface area contributed by atoms with Gasteiger partial charge in [-0.1, -0.05) is 15.9 Å². The van der Waals surface area contributed by atoms with Gasteiger partial charge in [0.1, 0.15) is 11.5 Å². The highest BCUT2D eigenvalue weighted by Crippen LogP contribution is 2.32. The summed E-state index contributed by atoms with van der Waals surface area (Å²) in [6, 6.07) is 11.2. The lowest BCUT2D eigenvalue weighted by molar-refractivity contribution is -0.123. The summed E-state index contributed by atoms with van der Waals surface area (Å²) in [7, 11) is 0. The van der Waals surface area contributed by atoms with Gasteiger partial charge in [0.05, 0.1) is 17.3 Å². The Morgan fingerprint density at radius 3 is 2.56 bits per heavy atom. The zero-order valence-corrected chi connectivity index (χ0v) is 17.1. The molecule has 0 aliphatic heterocycles. The van der Waals surface area contributed by atoms with Crippen LogP contribution in [0.4, 0.5) is 0 Å². The Morgan fingerprint density at radius 2 is 1.92 bits per heavy atom. The number of rotatable bonds is 7. The van der Waals surface area contributed by atoms with Gasteiger partial charge in [0.15, 0.2) is 6.61 Å².